The minimum atomic E-state index is 0.210. The number of nitrogens with one attached hydrogen (secondary N) is 1. The number of imidazole rings is 1. The first kappa shape index (κ1) is 12.6. The van der Waals surface area contributed by atoms with Crippen LogP contribution in [-0.4, -0.2) is 26.7 Å². The molecular weight excluding hydrogens is 274 g/mol. The molecule has 0 aliphatic carbocycles. The molecule has 0 saturated heterocycles. The van der Waals surface area contributed by atoms with Gasteiger partial charge in [-0.05, 0) is 30.3 Å². The topological polar surface area (TPSA) is 79.9 Å². The number of amidine groups is 1. The van der Waals surface area contributed by atoms with E-state index in [1.807, 2.05) is 30.3 Å². The smallest absolute Gasteiger partial charge is 0.140 e. The number of nitrogens with zero attached hydrogens (tertiary/aromatic N) is 3. The summed E-state index contributed by atoms with van der Waals surface area (Å²) in [6, 6.07) is 9.47. The summed E-state index contributed by atoms with van der Waals surface area (Å²) >= 11 is 5.62. The number of H-pyrrole nitrogens is 1. The highest BCUT2D eigenvalue weighted by Gasteiger charge is 2.05. The third kappa shape index (κ3) is 2.48. The largest absolute Gasteiger partial charge is 0.386 e. The number of hydrogen-bond donors (Lipinski definition) is 2. The van der Waals surface area contributed by atoms with Gasteiger partial charge in [-0.25, -0.2) is 9.98 Å². The van der Waals surface area contributed by atoms with Crippen LogP contribution in [-0.2, 0) is 0 Å². The van der Waals surface area contributed by atoms with Crippen molar-refractivity contribution in [2.75, 3.05) is 5.88 Å². The molecule has 5 nitrogen and oxygen atoms in total. The molecule has 0 fully saturated rings. The maximum absolute atomic E-state index is 5.63. The van der Waals surface area contributed by atoms with Gasteiger partial charge in [0.05, 0.1) is 22.6 Å². The van der Waals surface area contributed by atoms with Crippen molar-refractivity contribution < 1.29 is 0 Å². The number of fused-ring (bicyclic) bond motifs is 1. The van der Waals surface area contributed by atoms with Gasteiger partial charge in [0, 0.05) is 18.0 Å². The molecule has 0 saturated carbocycles. The molecule has 0 radical (unpaired) electrons. The lowest BCUT2D eigenvalue weighted by molar-refractivity contribution is 1.27. The quantitative estimate of drug-likeness (QED) is 0.441. The number of rotatable bonds is 3. The number of aliphatic imine (C=N–C) groups is 1. The van der Waals surface area contributed by atoms with Gasteiger partial charge in [0.25, 0.3) is 0 Å². The van der Waals surface area contributed by atoms with Crippen LogP contribution >= 0.6 is 11.6 Å². The van der Waals surface area contributed by atoms with Gasteiger partial charge in [0.15, 0.2) is 0 Å². The molecule has 0 aliphatic heterocycles. The number of aromatic nitrogens is 3. The van der Waals surface area contributed by atoms with Crippen molar-refractivity contribution in [1.82, 2.24) is 15.0 Å². The van der Waals surface area contributed by atoms with E-state index in [1.165, 1.54) is 0 Å². The minimum Gasteiger partial charge on any atom is -0.386 e. The van der Waals surface area contributed by atoms with Crippen molar-refractivity contribution in [1.29, 1.82) is 0 Å². The Balaban J connectivity index is 2.04. The number of aromatic amines is 1. The van der Waals surface area contributed by atoms with E-state index < -0.39 is 0 Å². The van der Waals surface area contributed by atoms with Crippen LogP contribution in [0.3, 0.4) is 0 Å². The average molecular weight is 286 g/mol. The Hall–Kier alpha value is -2.40. The summed E-state index contributed by atoms with van der Waals surface area (Å²) < 4.78 is 0. The lowest BCUT2D eigenvalue weighted by Crippen LogP contribution is -2.12. The standard InChI is InChI=1S/C14H12ClN5/c15-7-13(16)18-10-3-4-11-12(6-10)20-14(19-11)9-2-1-5-17-8-9/h1-6,8H,7H2,(H2,16,18)(H,19,20). The van der Waals surface area contributed by atoms with Crippen LogP contribution < -0.4 is 5.73 Å². The molecule has 3 rings (SSSR count). The van der Waals surface area contributed by atoms with Gasteiger partial charge in [-0.2, -0.15) is 0 Å². The van der Waals surface area contributed by atoms with Gasteiger partial charge < -0.3 is 10.7 Å². The van der Waals surface area contributed by atoms with Crippen molar-refractivity contribution in [2.45, 2.75) is 0 Å². The van der Waals surface area contributed by atoms with Gasteiger partial charge in [-0.15, -0.1) is 11.6 Å². The van der Waals surface area contributed by atoms with E-state index in [2.05, 4.69) is 19.9 Å². The summed E-state index contributed by atoms with van der Waals surface area (Å²) in [4.78, 5) is 16.1. The van der Waals surface area contributed by atoms with Crippen LogP contribution in [0.2, 0.25) is 0 Å². The highest BCUT2D eigenvalue weighted by atomic mass is 35.5. The normalized spacial score (nSPS) is 11.9. The van der Waals surface area contributed by atoms with Crippen molar-refractivity contribution in [2.24, 2.45) is 10.7 Å². The predicted octanol–water partition coefficient (Wildman–Crippen LogP) is 2.85. The molecule has 3 aromatic rings. The number of hydrogen-bond acceptors (Lipinski definition) is 3. The van der Waals surface area contributed by atoms with E-state index in [4.69, 9.17) is 17.3 Å². The number of halogens is 1. The fraction of sp³-hybridized carbons (Fsp3) is 0.0714. The minimum absolute atomic E-state index is 0.210. The fourth-order valence-corrected chi connectivity index (χ4v) is 1.96. The van der Waals surface area contributed by atoms with Gasteiger partial charge in [0.1, 0.15) is 11.7 Å². The van der Waals surface area contributed by atoms with Gasteiger partial charge in [-0.3, -0.25) is 4.98 Å². The number of nitrogens with two attached hydrogens (primary N) is 1. The van der Waals surface area contributed by atoms with Crippen LogP contribution in [0.1, 0.15) is 0 Å². The Labute approximate surface area is 120 Å². The Morgan fingerprint density at radius 1 is 1.35 bits per heavy atom. The zero-order chi connectivity index (χ0) is 13.9. The number of alkyl halides is 1. The monoisotopic (exact) mass is 285 g/mol. The number of pyridine rings is 1. The lowest BCUT2D eigenvalue weighted by atomic mass is 10.3. The van der Waals surface area contributed by atoms with Crippen LogP contribution in [0.4, 0.5) is 5.69 Å². The molecule has 0 bridgehead atoms. The third-order valence-electron chi connectivity index (χ3n) is 2.81. The zero-order valence-electron chi connectivity index (χ0n) is 10.5. The summed E-state index contributed by atoms with van der Waals surface area (Å²) in [5.74, 6) is 1.37. The molecule has 2 aromatic heterocycles. The van der Waals surface area contributed by atoms with E-state index in [1.54, 1.807) is 12.4 Å². The Morgan fingerprint density at radius 2 is 2.25 bits per heavy atom. The summed E-state index contributed by atoms with van der Waals surface area (Å²) in [6.45, 7) is 0. The molecule has 0 aliphatic rings. The Bertz CT molecular complexity index is 764. The fourth-order valence-electron chi connectivity index (χ4n) is 1.90. The molecule has 0 spiro atoms. The lowest BCUT2D eigenvalue weighted by Gasteiger charge is -1.96. The first-order valence-corrected chi connectivity index (χ1v) is 6.59. The predicted molar refractivity (Wildman–Crippen MR) is 81.3 cm³/mol. The Morgan fingerprint density at radius 3 is 3.00 bits per heavy atom. The maximum Gasteiger partial charge on any atom is 0.140 e. The van der Waals surface area contributed by atoms with Crippen molar-refractivity contribution in [3.05, 3.63) is 42.7 Å². The van der Waals surface area contributed by atoms with E-state index in [9.17, 15) is 0 Å². The first-order valence-electron chi connectivity index (χ1n) is 6.05. The van der Waals surface area contributed by atoms with Gasteiger partial charge in [-0.1, -0.05) is 0 Å². The molecule has 20 heavy (non-hydrogen) atoms. The molecule has 100 valence electrons. The average Bonchev–Trinajstić information content (AvgIpc) is 2.91. The second-order valence-electron chi connectivity index (χ2n) is 4.27. The number of benzene rings is 1. The van der Waals surface area contributed by atoms with Crippen molar-refractivity contribution in [3.63, 3.8) is 0 Å². The molecule has 0 amide bonds. The highest BCUT2D eigenvalue weighted by molar-refractivity contribution is 6.28. The summed E-state index contributed by atoms with van der Waals surface area (Å²) in [6.07, 6.45) is 3.50. The second kappa shape index (κ2) is 5.30. The van der Waals surface area contributed by atoms with Gasteiger partial charge >= 0.3 is 0 Å². The summed E-state index contributed by atoms with van der Waals surface area (Å²) in [7, 11) is 0. The van der Waals surface area contributed by atoms with E-state index in [0.717, 1.165) is 28.1 Å². The third-order valence-corrected chi connectivity index (χ3v) is 3.08. The van der Waals surface area contributed by atoms with Crippen molar-refractivity contribution in [3.8, 4) is 11.4 Å². The molecule has 0 atom stereocenters. The SMILES string of the molecule is NC(CCl)=Nc1ccc2nc(-c3cccnc3)[nH]c2c1. The van der Waals surface area contributed by atoms with E-state index in [-0.39, 0.29) is 5.88 Å². The summed E-state index contributed by atoms with van der Waals surface area (Å²) in [5.41, 5.74) is 9.08. The van der Waals surface area contributed by atoms with Crippen LogP contribution in [0, 0.1) is 0 Å². The zero-order valence-corrected chi connectivity index (χ0v) is 11.3. The molecule has 1 aromatic carbocycles. The van der Waals surface area contributed by atoms with E-state index >= 15 is 0 Å². The van der Waals surface area contributed by atoms with Crippen molar-refractivity contribution >= 4 is 34.2 Å². The molecule has 6 heteroatoms. The van der Waals surface area contributed by atoms with Gasteiger partial charge in [0.2, 0.25) is 0 Å². The molecule has 2 heterocycles. The Kier molecular flexibility index (Phi) is 3.35. The second-order valence-corrected chi connectivity index (χ2v) is 4.53. The molecule has 3 N–H and O–H groups in total. The molecule has 0 unspecified atom stereocenters. The summed E-state index contributed by atoms with van der Waals surface area (Å²) in [5, 5.41) is 0. The van der Waals surface area contributed by atoms with Crippen LogP contribution in [0.15, 0.2) is 47.7 Å². The van der Waals surface area contributed by atoms with E-state index in [0.29, 0.717) is 5.84 Å². The van der Waals surface area contributed by atoms with Crippen LogP contribution in [0.25, 0.3) is 22.4 Å². The first-order chi connectivity index (χ1) is 9.76. The maximum atomic E-state index is 5.63. The molecular formula is C14H12ClN5. The van der Waals surface area contributed by atoms with Crippen LogP contribution in [0.5, 0.6) is 0 Å². The highest BCUT2D eigenvalue weighted by Crippen LogP contribution is 2.23.